The van der Waals surface area contributed by atoms with Crippen LogP contribution < -0.4 is 0 Å². The summed E-state index contributed by atoms with van der Waals surface area (Å²) >= 11 is 6.22. The summed E-state index contributed by atoms with van der Waals surface area (Å²) in [6.07, 6.45) is 2.54. The van der Waals surface area contributed by atoms with Gasteiger partial charge in [-0.15, -0.1) is 0 Å². The number of halogens is 1. The summed E-state index contributed by atoms with van der Waals surface area (Å²) in [5, 5.41) is 7.91. The third kappa shape index (κ3) is 2.24. The summed E-state index contributed by atoms with van der Waals surface area (Å²) in [6, 6.07) is 0. The summed E-state index contributed by atoms with van der Waals surface area (Å²) in [5.74, 6) is 1.48. The summed E-state index contributed by atoms with van der Waals surface area (Å²) in [7, 11) is 0. The second kappa shape index (κ2) is 4.96. The number of rotatable bonds is 4. The monoisotopic (exact) mass is 257 g/mol. The molecule has 1 aromatic rings. The van der Waals surface area contributed by atoms with E-state index in [1.54, 1.807) is 0 Å². The molecule has 0 bridgehead atoms. The van der Waals surface area contributed by atoms with Gasteiger partial charge in [0.2, 0.25) is 6.23 Å². The Bertz CT molecular complexity index is 411. The summed E-state index contributed by atoms with van der Waals surface area (Å²) in [4.78, 5) is 5.36. The van der Waals surface area contributed by atoms with Crippen molar-refractivity contribution in [2.75, 3.05) is 0 Å². The first kappa shape index (κ1) is 12.2. The molecule has 0 aliphatic carbocycles. The second-order valence-corrected chi connectivity index (χ2v) is 4.48. The molecule has 17 heavy (non-hydrogen) atoms. The van der Waals surface area contributed by atoms with Gasteiger partial charge in [0.1, 0.15) is 5.76 Å². The zero-order valence-electron chi connectivity index (χ0n) is 10.2. The largest absolute Gasteiger partial charge is 0.362 e. The summed E-state index contributed by atoms with van der Waals surface area (Å²) in [6.45, 7) is 5.83. The van der Waals surface area contributed by atoms with Gasteiger partial charge in [0.15, 0.2) is 5.84 Å². The first-order chi connectivity index (χ1) is 8.15. The van der Waals surface area contributed by atoms with E-state index in [1.807, 2.05) is 13.8 Å². The van der Waals surface area contributed by atoms with Crippen LogP contribution in [-0.2, 0) is 4.84 Å². The predicted molar refractivity (Wildman–Crippen MR) is 64.5 cm³/mol. The minimum absolute atomic E-state index is 0.422. The van der Waals surface area contributed by atoms with E-state index in [4.69, 9.17) is 21.1 Å². The van der Waals surface area contributed by atoms with Crippen LogP contribution in [0.1, 0.15) is 49.4 Å². The molecule has 1 atom stereocenters. The number of amidine groups is 1. The van der Waals surface area contributed by atoms with E-state index < -0.39 is 6.23 Å². The Morgan fingerprint density at radius 1 is 1.41 bits per heavy atom. The first-order valence-electron chi connectivity index (χ1n) is 5.75. The lowest BCUT2D eigenvalue weighted by atomic mass is 10.1. The standard InChI is InChI=1S/C11H16ClN3O2/c1-4-5-6-9-14-17-11(15(9)12)10-7(2)13-16-8(10)3/h11H,4-6H2,1-3H3. The van der Waals surface area contributed by atoms with Crippen molar-refractivity contribution in [2.45, 2.75) is 46.3 Å². The number of hydrogen-bond donors (Lipinski definition) is 0. The molecule has 0 saturated heterocycles. The van der Waals surface area contributed by atoms with Crippen molar-refractivity contribution < 1.29 is 9.36 Å². The number of aryl methyl sites for hydroxylation is 2. The molecule has 0 N–H and O–H groups in total. The van der Waals surface area contributed by atoms with Crippen LogP contribution in [-0.4, -0.2) is 15.4 Å². The van der Waals surface area contributed by atoms with Crippen molar-refractivity contribution in [1.82, 2.24) is 9.58 Å². The lowest BCUT2D eigenvalue weighted by Gasteiger charge is -2.16. The molecule has 2 heterocycles. The van der Waals surface area contributed by atoms with E-state index in [2.05, 4.69) is 17.2 Å². The molecule has 0 amide bonds. The SMILES string of the molecule is CCCCC1=NOC(c2c(C)noc2C)N1Cl. The smallest absolute Gasteiger partial charge is 0.245 e. The molecule has 5 nitrogen and oxygen atoms in total. The third-order valence-electron chi connectivity index (χ3n) is 2.80. The minimum Gasteiger partial charge on any atom is -0.362 e. The molecule has 94 valence electrons. The van der Waals surface area contributed by atoms with Crippen LogP contribution in [0.15, 0.2) is 9.68 Å². The van der Waals surface area contributed by atoms with Gasteiger partial charge in [0.05, 0.1) is 11.3 Å². The molecule has 0 radical (unpaired) electrons. The Hall–Kier alpha value is -1.23. The Balaban J connectivity index is 2.12. The topological polar surface area (TPSA) is 50.9 Å². The van der Waals surface area contributed by atoms with Crippen molar-refractivity contribution >= 4 is 17.6 Å². The van der Waals surface area contributed by atoms with Crippen molar-refractivity contribution in [3.05, 3.63) is 17.0 Å². The predicted octanol–water partition coefficient (Wildman–Crippen LogP) is 3.28. The van der Waals surface area contributed by atoms with Gasteiger partial charge in [-0.1, -0.05) is 23.7 Å². The minimum atomic E-state index is -0.422. The zero-order valence-corrected chi connectivity index (χ0v) is 11.0. The van der Waals surface area contributed by atoms with Gasteiger partial charge >= 0.3 is 0 Å². The Kier molecular flexibility index (Phi) is 3.57. The van der Waals surface area contributed by atoms with Crippen LogP contribution in [0, 0.1) is 13.8 Å². The number of nitrogens with zero attached hydrogens (tertiary/aromatic N) is 3. The fraction of sp³-hybridized carbons (Fsp3) is 0.636. The number of aromatic nitrogens is 1. The zero-order chi connectivity index (χ0) is 12.4. The molecule has 6 heteroatoms. The molecule has 1 aliphatic heterocycles. The highest BCUT2D eigenvalue weighted by atomic mass is 35.5. The van der Waals surface area contributed by atoms with Gasteiger partial charge in [-0.3, -0.25) is 0 Å². The molecule has 2 rings (SSSR count). The maximum absolute atomic E-state index is 6.22. The van der Waals surface area contributed by atoms with E-state index in [0.717, 1.165) is 36.4 Å². The summed E-state index contributed by atoms with van der Waals surface area (Å²) < 4.78 is 6.64. The first-order valence-corrected chi connectivity index (χ1v) is 6.09. The molecular formula is C11H16ClN3O2. The average molecular weight is 258 g/mol. The van der Waals surface area contributed by atoms with Crippen molar-refractivity contribution in [1.29, 1.82) is 0 Å². The van der Waals surface area contributed by atoms with E-state index in [9.17, 15) is 0 Å². The molecule has 0 saturated carbocycles. The van der Waals surface area contributed by atoms with Crippen molar-refractivity contribution in [3.63, 3.8) is 0 Å². The van der Waals surface area contributed by atoms with Gasteiger partial charge in [-0.2, -0.15) is 0 Å². The highest BCUT2D eigenvalue weighted by Gasteiger charge is 2.34. The highest BCUT2D eigenvalue weighted by Crippen LogP contribution is 2.34. The molecule has 0 spiro atoms. The van der Waals surface area contributed by atoms with Crippen LogP contribution in [0.4, 0.5) is 0 Å². The Morgan fingerprint density at radius 3 is 2.76 bits per heavy atom. The van der Waals surface area contributed by atoms with E-state index in [-0.39, 0.29) is 0 Å². The van der Waals surface area contributed by atoms with Crippen LogP contribution in [0.25, 0.3) is 0 Å². The molecule has 1 aromatic heterocycles. The fourth-order valence-corrected chi connectivity index (χ4v) is 2.07. The molecule has 0 fully saturated rings. The summed E-state index contributed by atoms with van der Waals surface area (Å²) in [5.41, 5.74) is 1.64. The van der Waals surface area contributed by atoms with Gasteiger partial charge in [-0.25, -0.2) is 4.42 Å². The van der Waals surface area contributed by atoms with Gasteiger partial charge in [0.25, 0.3) is 0 Å². The van der Waals surface area contributed by atoms with Crippen molar-refractivity contribution in [3.8, 4) is 0 Å². The van der Waals surface area contributed by atoms with Gasteiger partial charge in [0, 0.05) is 18.2 Å². The maximum Gasteiger partial charge on any atom is 0.245 e. The average Bonchev–Trinajstić information content (AvgIpc) is 2.81. The second-order valence-electron chi connectivity index (χ2n) is 4.12. The highest BCUT2D eigenvalue weighted by molar-refractivity contribution is 6.22. The Morgan fingerprint density at radius 2 is 2.18 bits per heavy atom. The van der Waals surface area contributed by atoms with Gasteiger partial charge < -0.3 is 9.36 Å². The van der Waals surface area contributed by atoms with Crippen LogP contribution in [0.2, 0.25) is 0 Å². The van der Waals surface area contributed by atoms with E-state index in [1.165, 1.54) is 4.42 Å². The quantitative estimate of drug-likeness (QED) is 0.777. The number of unbranched alkanes of at least 4 members (excludes halogenated alkanes) is 1. The normalized spacial score (nSPS) is 19.4. The third-order valence-corrected chi connectivity index (χ3v) is 3.17. The lowest BCUT2D eigenvalue weighted by Crippen LogP contribution is -2.21. The van der Waals surface area contributed by atoms with E-state index >= 15 is 0 Å². The molecular weight excluding hydrogens is 242 g/mol. The molecule has 1 unspecified atom stereocenters. The molecule has 1 aliphatic rings. The maximum atomic E-state index is 6.22. The lowest BCUT2D eigenvalue weighted by molar-refractivity contribution is 0.0382. The Labute approximate surface area is 105 Å². The van der Waals surface area contributed by atoms with Crippen molar-refractivity contribution in [2.24, 2.45) is 5.16 Å². The fourth-order valence-electron chi connectivity index (χ4n) is 1.82. The van der Waals surface area contributed by atoms with E-state index in [0.29, 0.717) is 5.76 Å². The number of oxime groups is 1. The molecule has 0 aromatic carbocycles. The van der Waals surface area contributed by atoms with Crippen LogP contribution in [0.3, 0.4) is 0 Å². The van der Waals surface area contributed by atoms with Crippen LogP contribution >= 0.6 is 11.8 Å². The number of hydrogen-bond acceptors (Lipinski definition) is 5. The van der Waals surface area contributed by atoms with Crippen LogP contribution in [0.5, 0.6) is 0 Å². The van der Waals surface area contributed by atoms with Gasteiger partial charge in [-0.05, 0) is 20.3 Å².